The number of hydrogen-bond donors (Lipinski definition) is 13. The molecule has 0 spiro atoms. The Balaban J connectivity index is 1.23. The SMILES string of the molecule is CCCCCOc1ccc(-c2ccc(-c3ccc(C(=O)N[C@H]4C[C@@H](O)C(OCC[N+](C)(C)C)NC(=O)C5[C@@H](O)[C@@H](C)CN5C(=O)C([C@@H](C)O)NC(=O)C([C@H](O)[C@@H](O)c5ccc(O)cc5)NC(=O)C5C[C@@H](O)CN5C(=O)C([C@@H](C)O)NC4=O)cc3)cc2)cc1. The van der Waals surface area contributed by atoms with Gasteiger partial charge >= 0.3 is 0 Å². The first kappa shape index (κ1) is 67.9. The second-order valence-electron chi connectivity index (χ2n) is 24.1. The zero-order chi connectivity index (χ0) is 64.3. The van der Waals surface area contributed by atoms with Crippen molar-refractivity contribution in [1.29, 1.82) is 0 Å². The van der Waals surface area contributed by atoms with Crippen LogP contribution in [0, 0.1) is 5.92 Å². The normalized spacial score (nSPS) is 26.7. The molecule has 7 amide bonds. The van der Waals surface area contributed by atoms with Gasteiger partial charge in [-0.25, -0.2) is 0 Å². The first-order valence-corrected chi connectivity index (χ1v) is 29.7. The minimum atomic E-state index is -2.29. The minimum absolute atomic E-state index is 0.0470. The van der Waals surface area contributed by atoms with Gasteiger partial charge in [0.15, 0.2) is 6.23 Å². The summed E-state index contributed by atoms with van der Waals surface area (Å²) in [7, 11) is 5.52. The second kappa shape index (κ2) is 30.1. The van der Waals surface area contributed by atoms with E-state index < -0.39 is 152 Å². The fourth-order valence-corrected chi connectivity index (χ4v) is 10.8. The third kappa shape index (κ3) is 17.2. The molecule has 4 aromatic rings. The lowest BCUT2D eigenvalue weighted by atomic mass is 9.96. The number of aliphatic hydroxyl groups excluding tert-OH is 7. The fraction of sp³-hybridized carbons (Fsp3) is 0.508. The van der Waals surface area contributed by atoms with E-state index >= 15 is 0 Å². The number of aliphatic hydroxyl groups is 7. The van der Waals surface area contributed by atoms with Gasteiger partial charge in [-0.15, -0.1) is 0 Å². The number of benzene rings is 4. The molecule has 478 valence electrons. The average molecular weight is 1230 g/mol. The van der Waals surface area contributed by atoms with E-state index in [0.717, 1.165) is 70.9 Å². The number of rotatable bonds is 18. The third-order valence-corrected chi connectivity index (χ3v) is 16.1. The standard InChI is InChI=1S/C63H84N8O17/c1-8-9-10-28-87-45-25-21-40(22-26-45)38-13-11-37(12-14-38)39-15-17-42(18-16-39)56(80)64-46-31-48(76)61(88-29-27-71(5,6)7)68-60(84)52-53(77)34(2)32-70(52)63(86)50(36(4)73)66-59(83)51(55(79)54(78)41-19-23-43(74)24-20-41)67-58(82)47-30-44(75)33-69(47)62(85)49(35(3)72)65-57(46)81/h11-26,34-36,44,46-55,61,72-73,75-79H,8-10,27-33H2,1-7H3,(H5-,64,65,66,67,68,74,80,81,82,83,84)/p+1/t34-,35+,36+,44+,46-,47?,48+,49?,50?,51?,52?,53-,54-,55-,61?/m0/s1. The number of nitrogens with one attached hydrogen (secondary N) is 5. The number of quaternary nitrogens is 1. The van der Waals surface area contributed by atoms with E-state index in [2.05, 4.69) is 33.5 Å². The predicted octanol–water partition coefficient (Wildman–Crippen LogP) is -0.197. The Bertz CT molecular complexity index is 3040. The minimum Gasteiger partial charge on any atom is -0.508 e. The number of aromatic hydroxyl groups is 1. The lowest BCUT2D eigenvalue weighted by molar-refractivity contribution is -0.870. The molecule has 3 aliphatic rings. The molecule has 6 unspecified atom stereocenters. The number of fused-ring (bicyclic) bond motifs is 2. The van der Waals surface area contributed by atoms with Crippen LogP contribution < -0.4 is 31.3 Å². The molecule has 3 saturated heterocycles. The van der Waals surface area contributed by atoms with Gasteiger partial charge in [-0.05, 0) is 84.5 Å². The van der Waals surface area contributed by atoms with Gasteiger partial charge in [0.2, 0.25) is 35.4 Å². The van der Waals surface area contributed by atoms with Crippen LogP contribution in [-0.4, -0.2) is 230 Å². The van der Waals surface area contributed by atoms with E-state index in [9.17, 15) is 74.4 Å². The molecule has 3 aliphatic heterocycles. The number of nitrogens with zero attached hydrogens (tertiary/aromatic N) is 3. The molecule has 88 heavy (non-hydrogen) atoms. The highest BCUT2D eigenvalue weighted by molar-refractivity contribution is 6.00. The largest absolute Gasteiger partial charge is 0.508 e. The number of likely N-dealkylation sites (N-methyl/N-ethyl adjacent to an activating group) is 1. The molecule has 13 N–H and O–H groups in total. The highest BCUT2D eigenvalue weighted by Gasteiger charge is 2.50. The number of phenols is 1. The van der Waals surface area contributed by atoms with Crippen LogP contribution in [0.3, 0.4) is 0 Å². The summed E-state index contributed by atoms with van der Waals surface area (Å²) in [5, 5.41) is 103. The second-order valence-corrected chi connectivity index (χ2v) is 24.1. The molecule has 25 heteroatoms. The average Bonchev–Trinajstić information content (AvgIpc) is 2.08. The van der Waals surface area contributed by atoms with Gasteiger partial charge in [0.05, 0.1) is 58.8 Å². The molecule has 15 atom stereocenters. The molecule has 0 saturated carbocycles. The number of carbonyl (C=O) groups excluding carboxylic acids is 7. The van der Waals surface area contributed by atoms with E-state index in [1.165, 1.54) is 43.3 Å². The number of carbonyl (C=O) groups is 7. The van der Waals surface area contributed by atoms with Crippen molar-refractivity contribution in [3.05, 3.63) is 108 Å². The summed E-state index contributed by atoms with van der Waals surface area (Å²) < 4.78 is 12.3. The molecule has 0 aliphatic carbocycles. The fourth-order valence-electron chi connectivity index (χ4n) is 10.8. The van der Waals surface area contributed by atoms with Crippen LogP contribution in [-0.2, 0) is 33.5 Å². The van der Waals surface area contributed by atoms with Crippen molar-refractivity contribution in [3.8, 4) is 33.8 Å². The third-order valence-electron chi connectivity index (χ3n) is 16.1. The quantitative estimate of drug-likeness (QED) is 0.0453. The Morgan fingerprint density at radius 3 is 1.74 bits per heavy atom. The predicted molar refractivity (Wildman–Crippen MR) is 320 cm³/mol. The van der Waals surface area contributed by atoms with E-state index in [4.69, 9.17) is 9.47 Å². The van der Waals surface area contributed by atoms with E-state index in [1.807, 2.05) is 69.7 Å². The van der Waals surface area contributed by atoms with Gasteiger partial charge < -0.3 is 91.2 Å². The summed E-state index contributed by atoms with van der Waals surface area (Å²) in [5.41, 5.74) is 3.48. The van der Waals surface area contributed by atoms with Crippen LogP contribution in [0.4, 0.5) is 0 Å². The van der Waals surface area contributed by atoms with Gasteiger partial charge in [0.1, 0.15) is 72.6 Å². The number of unbranched alkanes of at least 4 members (excludes halogenated alkanes) is 2. The van der Waals surface area contributed by atoms with Gasteiger partial charge in [0, 0.05) is 37.4 Å². The van der Waals surface area contributed by atoms with Crippen LogP contribution in [0.25, 0.3) is 22.3 Å². The van der Waals surface area contributed by atoms with E-state index in [-0.39, 0.29) is 36.6 Å². The molecule has 3 heterocycles. The molecule has 0 aromatic heterocycles. The van der Waals surface area contributed by atoms with Crippen LogP contribution in [0.1, 0.15) is 81.8 Å². The Morgan fingerprint density at radius 2 is 1.18 bits per heavy atom. The van der Waals surface area contributed by atoms with Gasteiger partial charge in [-0.2, -0.15) is 0 Å². The summed E-state index contributed by atoms with van der Waals surface area (Å²) in [5.74, 6) is -8.24. The van der Waals surface area contributed by atoms with Crippen LogP contribution in [0.2, 0.25) is 0 Å². The van der Waals surface area contributed by atoms with Crippen LogP contribution in [0.5, 0.6) is 11.5 Å². The number of phenolic OH excluding ortho intramolecular Hbond substituents is 1. The first-order valence-electron chi connectivity index (χ1n) is 29.7. The maximum atomic E-state index is 14.8. The lowest BCUT2D eigenvalue weighted by Gasteiger charge is -2.34. The molecular formula is C63H85N8O17+. The smallest absolute Gasteiger partial charge is 0.251 e. The maximum absolute atomic E-state index is 14.8. The van der Waals surface area contributed by atoms with Gasteiger partial charge in [0.25, 0.3) is 5.91 Å². The van der Waals surface area contributed by atoms with Crippen molar-refractivity contribution < 1.29 is 88.4 Å². The van der Waals surface area contributed by atoms with Crippen molar-refractivity contribution in [2.75, 3.05) is 54.0 Å². The van der Waals surface area contributed by atoms with Crippen molar-refractivity contribution in [2.24, 2.45) is 5.92 Å². The Kier molecular flexibility index (Phi) is 23.2. The molecular weight excluding hydrogens is 1140 g/mol. The molecule has 4 aromatic carbocycles. The summed E-state index contributed by atoms with van der Waals surface area (Å²) in [6, 6.07) is 15.3. The summed E-state index contributed by atoms with van der Waals surface area (Å²) >= 11 is 0. The van der Waals surface area contributed by atoms with Crippen LogP contribution in [0.15, 0.2) is 97.1 Å². The monoisotopic (exact) mass is 1230 g/mol. The van der Waals surface area contributed by atoms with Crippen molar-refractivity contribution in [3.63, 3.8) is 0 Å². The van der Waals surface area contributed by atoms with E-state index in [0.29, 0.717) is 11.1 Å². The summed E-state index contributed by atoms with van der Waals surface area (Å²) in [6.07, 6.45) is -12.6. The summed E-state index contributed by atoms with van der Waals surface area (Å²) in [4.78, 5) is 104. The Labute approximate surface area is 511 Å². The van der Waals surface area contributed by atoms with Crippen LogP contribution >= 0.6 is 0 Å². The maximum Gasteiger partial charge on any atom is 0.251 e. The Hall–Kier alpha value is -7.59. The van der Waals surface area contributed by atoms with Gasteiger partial charge in [-0.1, -0.05) is 87.4 Å². The zero-order valence-electron chi connectivity index (χ0n) is 50.6. The van der Waals surface area contributed by atoms with Gasteiger partial charge in [-0.3, -0.25) is 33.6 Å². The topological polar surface area (TPSA) is 366 Å². The number of ether oxygens (including phenoxy) is 2. The summed E-state index contributed by atoms with van der Waals surface area (Å²) in [6.45, 7) is 5.80. The number of amides is 7. The molecule has 0 radical (unpaired) electrons. The lowest BCUT2D eigenvalue weighted by Crippen LogP contribution is -2.64. The zero-order valence-corrected chi connectivity index (χ0v) is 50.6. The molecule has 0 bridgehead atoms. The van der Waals surface area contributed by atoms with Crippen molar-refractivity contribution >= 4 is 41.4 Å². The highest BCUT2D eigenvalue weighted by Crippen LogP contribution is 2.30. The molecule has 3 fully saturated rings. The van der Waals surface area contributed by atoms with Crippen molar-refractivity contribution in [2.45, 2.75) is 145 Å². The highest BCUT2D eigenvalue weighted by atomic mass is 16.5. The number of hydrogen-bond acceptors (Lipinski definition) is 17. The Morgan fingerprint density at radius 1 is 0.648 bits per heavy atom. The molecule has 7 rings (SSSR count). The molecule has 25 nitrogen and oxygen atoms in total. The van der Waals surface area contributed by atoms with Crippen molar-refractivity contribution in [1.82, 2.24) is 36.4 Å². The first-order chi connectivity index (χ1) is 41.6. The van der Waals surface area contributed by atoms with E-state index in [1.54, 1.807) is 12.1 Å².